The molecule has 146 valence electrons. The molecule has 0 amide bonds. The summed E-state index contributed by atoms with van der Waals surface area (Å²) in [5.74, 6) is 0. The first kappa shape index (κ1) is 19.1. The highest BCUT2D eigenvalue weighted by Crippen LogP contribution is 2.33. The van der Waals surface area contributed by atoms with Gasteiger partial charge in [-0.15, -0.1) is 11.3 Å². The van der Waals surface area contributed by atoms with Gasteiger partial charge in [0, 0.05) is 49.7 Å². The van der Waals surface area contributed by atoms with Crippen LogP contribution in [0.5, 0.6) is 0 Å². The maximum absolute atomic E-state index is 13.2. The van der Waals surface area contributed by atoms with Crippen LogP contribution < -0.4 is 10.5 Å². The first-order valence-corrected chi connectivity index (χ1v) is 10.2. The van der Waals surface area contributed by atoms with Gasteiger partial charge in [0.05, 0.1) is 16.9 Å². The third kappa shape index (κ3) is 3.84. The number of pyridine rings is 2. The van der Waals surface area contributed by atoms with Crippen LogP contribution in [-0.4, -0.2) is 21.6 Å². The van der Waals surface area contributed by atoms with E-state index in [4.69, 9.17) is 0 Å². The number of aryl methyl sites for hydroxylation is 1. The molecule has 5 nitrogen and oxygen atoms in total. The lowest BCUT2D eigenvalue weighted by Crippen LogP contribution is -2.26. The summed E-state index contributed by atoms with van der Waals surface area (Å²) in [7, 11) is 3.87. The van der Waals surface area contributed by atoms with Crippen LogP contribution >= 0.6 is 11.3 Å². The molecule has 4 aromatic rings. The summed E-state index contributed by atoms with van der Waals surface area (Å²) in [6.07, 6.45) is 3.50. The Labute approximate surface area is 173 Å². The lowest BCUT2D eigenvalue weighted by Gasteiger charge is -2.25. The van der Waals surface area contributed by atoms with Crippen LogP contribution in [0.15, 0.2) is 71.1 Å². The van der Waals surface area contributed by atoms with Crippen molar-refractivity contribution in [2.24, 2.45) is 7.05 Å². The lowest BCUT2D eigenvalue weighted by molar-refractivity contribution is 0.847. The second-order valence-corrected chi connectivity index (χ2v) is 7.89. The Kier molecular flexibility index (Phi) is 5.27. The van der Waals surface area contributed by atoms with E-state index in [1.807, 2.05) is 62.8 Å². The van der Waals surface area contributed by atoms with Crippen molar-refractivity contribution in [3.05, 3.63) is 87.9 Å². The van der Waals surface area contributed by atoms with Gasteiger partial charge >= 0.3 is 0 Å². The summed E-state index contributed by atoms with van der Waals surface area (Å²) in [4.78, 5) is 24.0. The third-order valence-electron chi connectivity index (χ3n) is 4.87. The molecule has 0 spiro atoms. The van der Waals surface area contributed by atoms with Crippen LogP contribution in [0.3, 0.4) is 0 Å². The van der Waals surface area contributed by atoms with Gasteiger partial charge in [-0.1, -0.05) is 30.3 Å². The predicted molar refractivity (Wildman–Crippen MR) is 119 cm³/mol. The van der Waals surface area contributed by atoms with Gasteiger partial charge in [-0.2, -0.15) is 0 Å². The zero-order chi connectivity index (χ0) is 20.4. The fraction of sp³-hybridized carbons (Fsp3) is 0.174. The number of benzene rings is 1. The molecule has 0 saturated heterocycles. The predicted octanol–water partition coefficient (Wildman–Crippen LogP) is 4.52. The van der Waals surface area contributed by atoms with Gasteiger partial charge in [0.15, 0.2) is 0 Å². The molecule has 4 rings (SSSR count). The van der Waals surface area contributed by atoms with Crippen molar-refractivity contribution in [2.45, 2.75) is 13.5 Å². The molecule has 0 saturated carbocycles. The van der Waals surface area contributed by atoms with Crippen LogP contribution in [0.2, 0.25) is 0 Å². The Hall–Kier alpha value is -3.25. The van der Waals surface area contributed by atoms with Crippen molar-refractivity contribution in [3.8, 4) is 21.8 Å². The van der Waals surface area contributed by atoms with Gasteiger partial charge in [-0.05, 0) is 30.7 Å². The number of aromatic nitrogens is 3. The average Bonchev–Trinajstić information content (AvgIpc) is 3.17. The molecule has 0 N–H and O–H groups in total. The Balaban J connectivity index is 1.90. The first-order valence-electron chi connectivity index (χ1n) is 9.36. The number of anilines is 1. The highest BCUT2D eigenvalue weighted by Gasteiger charge is 2.19. The number of hydrogen-bond acceptors (Lipinski definition) is 5. The number of nitrogens with zero attached hydrogens (tertiary/aromatic N) is 4. The summed E-state index contributed by atoms with van der Waals surface area (Å²) in [5, 5.41) is 2.72. The molecule has 0 unspecified atom stereocenters. The Morgan fingerprint density at radius 2 is 1.83 bits per heavy atom. The summed E-state index contributed by atoms with van der Waals surface area (Å²) in [5.41, 5.74) is 5.50. The molecule has 0 radical (unpaired) electrons. The molecule has 0 aliphatic carbocycles. The zero-order valence-corrected chi connectivity index (χ0v) is 17.5. The van der Waals surface area contributed by atoms with E-state index < -0.39 is 0 Å². The molecule has 0 fully saturated rings. The first-order chi connectivity index (χ1) is 14.0. The fourth-order valence-corrected chi connectivity index (χ4v) is 4.24. The summed E-state index contributed by atoms with van der Waals surface area (Å²) in [6, 6.07) is 16.1. The van der Waals surface area contributed by atoms with E-state index in [0.717, 1.165) is 34.2 Å². The van der Waals surface area contributed by atoms with E-state index in [0.29, 0.717) is 5.56 Å². The molecule has 0 atom stereocenters. The second-order valence-electron chi connectivity index (χ2n) is 7.03. The van der Waals surface area contributed by atoms with Gasteiger partial charge in [0.2, 0.25) is 0 Å². The summed E-state index contributed by atoms with van der Waals surface area (Å²) in [6.45, 7) is 2.67. The fourth-order valence-electron chi connectivity index (χ4n) is 3.44. The van der Waals surface area contributed by atoms with Crippen LogP contribution in [0, 0.1) is 6.92 Å². The molecule has 3 aromatic heterocycles. The second kappa shape index (κ2) is 8.01. The lowest BCUT2D eigenvalue weighted by atomic mass is 10.1. The van der Waals surface area contributed by atoms with E-state index in [-0.39, 0.29) is 5.56 Å². The molecule has 29 heavy (non-hydrogen) atoms. The topological polar surface area (TPSA) is 51.0 Å². The largest absolute Gasteiger partial charge is 0.369 e. The molecule has 0 aliphatic rings. The van der Waals surface area contributed by atoms with Gasteiger partial charge in [-0.25, -0.2) is 4.98 Å². The van der Waals surface area contributed by atoms with Crippen molar-refractivity contribution in [3.63, 3.8) is 0 Å². The number of thiazole rings is 1. The number of hydrogen-bond donors (Lipinski definition) is 0. The highest BCUT2D eigenvalue weighted by atomic mass is 32.1. The van der Waals surface area contributed by atoms with Crippen molar-refractivity contribution in [1.29, 1.82) is 0 Å². The standard InChI is InChI=1S/C23H22N4OS/c1-16-15-29-22(25-16)19-13-20(26(2)14-17-7-5-4-6-8-17)21(27(3)23(19)28)18-9-11-24-12-10-18/h4-13,15H,14H2,1-3H3. The highest BCUT2D eigenvalue weighted by molar-refractivity contribution is 7.13. The normalized spacial score (nSPS) is 10.9. The van der Waals surface area contributed by atoms with E-state index in [9.17, 15) is 4.79 Å². The molecule has 1 aromatic carbocycles. The average molecular weight is 403 g/mol. The van der Waals surface area contributed by atoms with Crippen LogP contribution in [0.4, 0.5) is 5.69 Å². The number of rotatable bonds is 5. The van der Waals surface area contributed by atoms with E-state index in [1.54, 1.807) is 17.0 Å². The van der Waals surface area contributed by atoms with Crippen molar-refractivity contribution in [2.75, 3.05) is 11.9 Å². The molecular formula is C23H22N4OS. The third-order valence-corrected chi connectivity index (χ3v) is 5.86. The quantitative estimate of drug-likeness (QED) is 0.493. The van der Waals surface area contributed by atoms with Crippen molar-refractivity contribution in [1.82, 2.24) is 14.5 Å². The molecule has 6 heteroatoms. The molecule has 0 aliphatic heterocycles. The maximum atomic E-state index is 13.2. The van der Waals surface area contributed by atoms with Crippen LogP contribution in [0.1, 0.15) is 11.3 Å². The Morgan fingerprint density at radius 3 is 2.48 bits per heavy atom. The molecule has 3 heterocycles. The van der Waals surface area contributed by atoms with E-state index in [2.05, 4.69) is 27.0 Å². The van der Waals surface area contributed by atoms with Crippen LogP contribution in [-0.2, 0) is 13.6 Å². The van der Waals surface area contributed by atoms with Crippen molar-refractivity contribution < 1.29 is 0 Å². The zero-order valence-electron chi connectivity index (χ0n) is 16.7. The Bertz CT molecular complexity index is 1180. The summed E-state index contributed by atoms with van der Waals surface area (Å²) >= 11 is 1.50. The van der Waals surface area contributed by atoms with E-state index >= 15 is 0 Å². The van der Waals surface area contributed by atoms with E-state index in [1.165, 1.54) is 16.9 Å². The SMILES string of the molecule is Cc1csc(-c2cc(N(C)Cc3ccccc3)c(-c3ccncc3)n(C)c2=O)n1. The molecular weight excluding hydrogens is 380 g/mol. The van der Waals surface area contributed by atoms with Gasteiger partial charge in [0.1, 0.15) is 5.01 Å². The van der Waals surface area contributed by atoms with Gasteiger partial charge < -0.3 is 9.47 Å². The smallest absolute Gasteiger partial charge is 0.261 e. The van der Waals surface area contributed by atoms with Gasteiger partial charge in [-0.3, -0.25) is 9.78 Å². The molecule has 0 bridgehead atoms. The van der Waals surface area contributed by atoms with Crippen LogP contribution in [0.25, 0.3) is 21.8 Å². The Morgan fingerprint density at radius 1 is 1.10 bits per heavy atom. The summed E-state index contributed by atoms with van der Waals surface area (Å²) < 4.78 is 1.72. The van der Waals surface area contributed by atoms with Crippen molar-refractivity contribution >= 4 is 17.0 Å². The van der Waals surface area contributed by atoms with Gasteiger partial charge in [0.25, 0.3) is 5.56 Å². The minimum Gasteiger partial charge on any atom is -0.369 e. The minimum absolute atomic E-state index is 0.0528. The monoisotopic (exact) mass is 402 g/mol. The maximum Gasteiger partial charge on any atom is 0.261 e. The minimum atomic E-state index is -0.0528.